The molecule has 0 bridgehead atoms. The quantitative estimate of drug-likeness (QED) is 0.462. The van der Waals surface area contributed by atoms with E-state index in [4.69, 9.17) is 28.3 Å². The summed E-state index contributed by atoms with van der Waals surface area (Å²) in [7, 11) is 3.06. The topological polar surface area (TPSA) is 77.4 Å². The molecule has 8 nitrogen and oxygen atoms in total. The number of anilines is 1. The summed E-state index contributed by atoms with van der Waals surface area (Å²) in [5.41, 5.74) is 2.27. The van der Waals surface area contributed by atoms with E-state index in [0.717, 1.165) is 21.4 Å². The van der Waals surface area contributed by atoms with E-state index in [9.17, 15) is 9.59 Å². The number of hydrogen-bond acceptors (Lipinski definition) is 5. The lowest BCUT2D eigenvalue weighted by molar-refractivity contribution is 0.699. The zero-order valence-electron chi connectivity index (χ0n) is 17.3. The van der Waals surface area contributed by atoms with Crippen LogP contribution in [0.2, 0.25) is 10.0 Å². The molecule has 0 fully saturated rings. The Morgan fingerprint density at radius 1 is 0.969 bits per heavy atom. The van der Waals surface area contributed by atoms with E-state index in [1.54, 1.807) is 28.8 Å². The highest BCUT2D eigenvalue weighted by molar-refractivity contribution is 6.31. The molecule has 0 saturated carbocycles. The van der Waals surface area contributed by atoms with Crippen molar-refractivity contribution in [1.29, 1.82) is 0 Å². The Hall–Kier alpha value is -3.36. The van der Waals surface area contributed by atoms with Crippen molar-refractivity contribution in [3.05, 3.63) is 90.5 Å². The summed E-state index contributed by atoms with van der Waals surface area (Å²) in [6.45, 7) is 0.661. The van der Waals surface area contributed by atoms with Gasteiger partial charge in [0, 0.05) is 24.1 Å². The molecule has 0 amide bonds. The number of benzene rings is 2. The average Bonchev–Trinajstić information content (AvgIpc) is 3.18. The molecule has 2 aromatic heterocycles. The normalized spacial score (nSPS) is 13.4. The molecule has 0 aliphatic carbocycles. The second kappa shape index (κ2) is 7.65. The maximum atomic E-state index is 13.0. The molecule has 32 heavy (non-hydrogen) atoms. The number of fused-ring (bicyclic) bond motifs is 3. The smallest absolute Gasteiger partial charge is 0.297 e. The van der Waals surface area contributed by atoms with Crippen LogP contribution in [0, 0.1) is 0 Å². The Morgan fingerprint density at radius 2 is 1.69 bits per heavy atom. The molecule has 0 radical (unpaired) electrons. The van der Waals surface area contributed by atoms with E-state index >= 15 is 0 Å². The minimum Gasteiger partial charge on any atom is -0.297 e. The monoisotopic (exact) mass is 468 g/mol. The van der Waals surface area contributed by atoms with Gasteiger partial charge in [-0.3, -0.25) is 18.5 Å². The minimum absolute atomic E-state index is 0.310. The average molecular weight is 469 g/mol. The van der Waals surface area contributed by atoms with E-state index in [1.165, 1.54) is 11.6 Å². The standard InChI is InChI=1S/C22H18Cl2N6O2/c1-27-19-18(20(31)28(2)22(27)32)29-12-17(13-7-9-15(23)10-8-13)26-30(21(29)25-19)11-14-5-3-4-6-16(14)24/h3-10H,11-12H2,1-2H3. The number of nitrogens with zero attached hydrogens (tertiary/aromatic N) is 6. The van der Waals surface area contributed by atoms with Crippen molar-refractivity contribution in [3.8, 4) is 0 Å². The summed E-state index contributed by atoms with van der Waals surface area (Å²) in [6.07, 6.45) is 0. The molecular weight excluding hydrogens is 451 g/mol. The van der Waals surface area contributed by atoms with Crippen molar-refractivity contribution in [2.24, 2.45) is 19.2 Å². The number of hydrazone groups is 1. The van der Waals surface area contributed by atoms with Crippen LogP contribution >= 0.6 is 23.2 Å². The zero-order valence-corrected chi connectivity index (χ0v) is 18.8. The zero-order chi connectivity index (χ0) is 22.6. The first-order chi connectivity index (χ1) is 15.3. The van der Waals surface area contributed by atoms with Gasteiger partial charge >= 0.3 is 5.69 Å². The molecule has 1 aliphatic rings. The predicted molar refractivity (Wildman–Crippen MR) is 126 cm³/mol. The third-order valence-corrected chi connectivity index (χ3v) is 6.18. The lowest BCUT2D eigenvalue weighted by Gasteiger charge is -2.26. The number of rotatable bonds is 3. The number of hydrogen-bond donors (Lipinski definition) is 0. The summed E-state index contributed by atoms with van der Waals surface area (Å²) >= 11 is 12.5. The molecule has 2 aromatic carbocycles. The second-order valence-electron chi connectivity index (χ2n) is 7.58. The molecule has 0 saturated heterocycles. The first-order valence-electron chi connectivity index (χ1n) is 9.85. The summed E-state index contributed by atoms with van der Waals surface area (Å²) in [5, 5.41) is 7.76. The lowest BCUT2D eigenvalue weighted by Crippen LogP contribution is -2.38. The van der Waals surface area contributed by atoms with Gasteiger partial charge in [-0.1, -0.05) is 53.5 Å². The van der Waals surface area contributed by atoms with Gasteiger partial charge < -0.3 is 0 Å². The van der Waals surface area contributed by atoms with E-state index in [-0.39, 0.29) is 0 Å². The highest BCUT2D eigenvalue weighted by Crippen LogP contribution is 2.28. The maximum Gasteiger partial charge on any atom is 0.332 e. The predicted octanol–water partition coefficient (Wildman–Crippen LogP) is 3.17. The Kier molecular flexibility index (Phi) is 4.91. The second-order valence-corrected chi connectivity index (χ2v) is 8.42. The first-order valence-corrected chi connectivity index (χ1v) is 10.6. The van der Waals surface area contributed by atoms with E-state index in [2.05, 4.69) is 4.98 Å². The SMILES string of the molecule is Cn1c(=O)c2c(nc3n2CC(c2ccc(Cl)cc2)=NN3Cc2ccccc2Cl)n(C)c1=O. The highest BCUT2D eigenvalue weighted by atomic mass is 35.5. The van der Waals surface area contributed by atoms with Crippen molar-refractivity contribution in [2.45, 2.75) is 13.1 Å². The molecule has 1 aliphatic heterocycles. The van der Waals surface area contributed by atoms with Gasteiger partial charge in [0.25, 0.3) is 5.56 Å². The van der Waals surface area contributed by atoms with Gasteiger partial charge in [-0.2, -0.15) is 10.1 Å². The molecule has 4 aromatic rings. The van der Waals surface area contributed by atoms with E-state index < -0.39 is 11.2 Å². The molecule has 0 spiro atoms. The van der Waals surface area contributed by atoms with Gasteiger partial charge in [0.15, 0.2) is 11.2 Å². The van der Waals surface area contributed by atoms with Crippen LogP contribution in [-0.2, 0) is 27.2 Å². The molecule has 5 rings (SSSR count). The van der Waals surface area contributed by atoms with Crippen LogP contribution in [0.4, 0.5) is 5.95 Å². The summed E-state index contributed by atoms with van der Waals surface area (Å²) < 4.78 is 4.26. The molecule has 3 heterocycles. The number of imidazole rings is 1. The van der Waals surface area contributed by atoms with Crippen LogP contribution in [0.25, 0.3) is 11.2 Å². The molecule has 0 N–H and O–H groups in total. The third-order valence-electron chi connectivity index (χ3n) is 5.56. The van der Waals surface area contributed by atoms with Gasteiger partial charge in [-0.15, -0.1) is 0 Å². The van der Waals surface area contributed by atoms with Crippen LogP contribution in [0.3, 0.4) is 0 Å². The van der Waals surface area contributed by atoms with Crippen LogP contribution in [0.15, 0.2) is 63.2 Å². The maximum absolute atomic E-state index is 13.0. The first kappa shape index (κ1) is 20.5. The molecule has 0 atom stereocenters. The fraction of sp³-hybridized carbons (Fsp3) is 0.182. The summed E-state index contributed by atoms with van der Waals surface area (Å²) in [6, 6.07) is 14.8. The van der Waals surface area contributed by atoms with Gasteiger partial charge in [-0.25, -0.2) is 9.80 Å². The van der Waals surface area contributed by atoms with Crippen LogP contribution in [-0.4, -0.2) is 24.4 Å². The van der Waals surface area contributed by atoms with Gasteiger partial charge in [0.1, 0.15) is 0 Å². The summed E-state index contributed by atoms with van der Waals surface area (Å²) in [4.78, 5) is 30.1. The van der Waals surface area contributed by atoms with Crippen molar-refractivity contribution in [1.82, 2.24) is 18.7 Å². The Balaban J connectivity index is 1.74. The third kappa shape index (κ3) is 3.23. The molecule has 0 unspecified atom stereocenters. The Bertz CT molecular complexity index is 1510. The van der Waals surface area contributed by atoms with Crippen LogP contribution in [0.5, 0.6) is 0 Å². The lowest BCUT2D eigenvalue weighted by atomic mass is 10.1. The van der Waals surface area contributed by atoms with Crippen molar-refractivity contribution in [3.63, 3.8) is 0 Å². The fourth-order valence-corrected chi connectivity index (χ4v) is 4.16. The number of aromatic nitrogens is 4. The van der Waals surface area contributed by atoms with Crippen molar-refractivity contribution < 1.29 is 0 Å². The van der Waals surface area contributed by atoms with Gasteiger partial charge in [-0.05, 0) is 29.3 Å². The van der Waals surface area contributed by atoms with Gasteiger partial charge in [0.2, 0.25) is 5.95 Å². The minimum atomic E-state index is -0.436. The number of halogens is 2. The van der Waals surface area contributed by atoms with Gasteiger partial charge in [0.05, 0.1) is 18.8 Å². The van der Waals surface area contributed by atoms with Crippen LogP contribution < -0.4 is 16.3 Å². The Labute approximate surface area is 192 Å². The molecule has 10 heteroatoms. The van der Waals surface area contributed by atoms with E-state index in [1.807, 2.05) is 36.4 Å². The van der Waals surface area contributed by atoms with Crippen LogP contribution in [0.1, 0.15) is 11.1 Å². The Morgan fingerprint density at radius 3 is 2.41 bits per heavy atom. The fourth-order valence-electron chi connectivity index (χ4n) is 3.84. The summed E-state index contributed by atoms with van der Waals surface area (Å²) in [5.74, 6) is 0.468. The highest BCUT2D eigenvalue weighted by Gasteiger charge is 2.28. The van der Waals surface area contributed by atoms with Crippen molar-refractivity contribution in [2.75, 3.05) is 5.01 Å². The van der Waals surface area contributed by atoms with Crippen molar-refractivity contribution >= 4 is 46.0 Å². The largest absolute Gasteiger partial charge is 0.332 e. The molecular formula is C22H18Cl2N6O2. The number of aryl methyl sites for hydroxylation is 1. The van der Waals surface area contributed by atoms with E-state index in [0.29, 0.717) is 40.2 Å². The molecule has 162 valence electrons.